The van der Waals surface area contributed by atoms with E-state index in [0.29, 0.717) is 13.0 Å². The van der Waals surface area contributed by atoms with Gasteiger partial charge in [-0.1, -0.05) is 49.4 Å². The van der Waals surface area contributed by atoms with Crippen LogP contribution in [0, 0.1) is 5.82 Å². The molecule has 4 aromatic rings. The molecule has 0 aliphatic heterocycles. The van der Waals surface area contributed by atoms with Gasteiger partial charge >= 0.3 is 0 Å². The lowest BCUT2D eigenvalue weighted by Gasteiger charge is -2.21. The number of carbonyl (C=O) groups excluding carboxylic acids is 1. The third kappa shape index (κ3) is 5.95. The molecule has 0 aliphatic carbocycles. The Bertz CT molecular complexity index is 1410. The lowest BCUT2D eigenvalue weighted by atomic mass is 10.1. The van der Waals surface area contributed by atoms with Crippen LogP contribution in [0.3, 0.4) is 0 Å². The van der Waals surface area contributed by atoms with Gasteiger partial charge in [-0.05, 0) is 73.1 Å². The first-order valence-corrected chi connectivity index (χ1v) is 12.3. The molecule has 1 amide bonds. The number of amides is 1. The number of benzene rings is 3. The van der Waals surface area contributed by atoms with Gasteiger partial charge < -0.3 is 20.1 Å². The molecule has 190 valence electrons. The number of rotatable bonds is 9. The highest BCUT2D eigenvalue weighted by Gasteiger charge is 2.18. The molecule has 0 unspecified atom stereocenters. The summed E-state index contributed by atoms with van der Waals surface area (Å²) < 4.78 is 15.1. The van der Waals surface area contributed by atoms with Crippen molar-refractivity contribution >= 4 is 23.0 Å². The predicted octanol–water partition coefficient (Wildman–Crippen LogP) is 5.41. The number of nitrogens with zero attached hydrogens (tertiary/aromatic N) is 2. The van der Waals surface area contributed by atoms with E-state index in [1.165, 1.54) is 12.1 Å². The van der Waals surface area contributed by atoms with Crippen LogP contribution >= 0.6 is 0 Å². The summed E-state index contributed by atoms with van der Waals surface area (Å²) in [6.07, 6.45) is 0.604. The van der Waals surface area contributed by atoms with Gasteiger partial charge in [0.05, 0.1) is 18.3 Å². The van der Waals surface area contributed by atoms with Crippen LogP contribution in [0.25, 0.3) is 11.3 Å². The summed E-state index contributed by atoms with van der Waals surface area (Å²) in [7, 11) is 3.64. The van der Waals surface area contributed by atoms with Crippen molar-refractivity contribution in [2.24, 2.45) is 0 Å². The van der Waals surface area contributed by atoms with E-state index in [0.717, 1.165) is 28.2 Å². The quantitative estimate of drug-likeness (QED) is 0.324. The van der Waals surface area contributed by atoms with E-state index in [4.69, 9.17) is 0 Å². The van der Waals surface area contributed by atoms with Crippen LogP contribution in [0.2, 0.25) is 0 Å². The van der Waals surface area contributed by atoms with E-state index in [1.807, 2.05) is 79.5 Å². The lowest BCUT2D eigenvalue weighted by Crippen LogP contribution is -2.39. The number of likely N-dealkylation sites (N-methyl/N-ethyl adjacent to an activating group) is 1. The molecule has 2 N–H and O–H groups in total. The zero-order valence-electron chi connectivity index (χ0n) is 21.2. The first kappa shape index (κ1) is 25.9. The summed E-state index contributed by atoms with van der Waals surface area (Å²) >= 11 is 0. The minimum absolute atomic E-state index is 0.234. The molecule has 0 saturated carbocycles. The molecule has 0 bridgehead atoms. The topological polar surface area (TPSA) is 66.4 Å². The Labute approximate surface area is 216 Å². The summed E-state index contributed by atoms with van der Waals surface area (Å²) in [5, 5.41) is 5.77. The zero-order valence-corrected chi connectivity index (χ0v) is 21.2. The molecule has 7 heteroatoms. The maximum absolute atomic E-state index is 13.7. The van der Waals surface area contributed by atoms with Gasteiger partial charge in [-0.25, -0.2) is 4.39 Å². The van der Waals surface area contributed by atoms with E-state index in [-0.39, 0.29) is 29.0 Å². The molecule has 1 aromatic heterocycles. The van der Waals surface area contributed by atoms with E-state index in [1.54, 1.807) is 29.8 Å². The van der Waals surface area contributed by atoms with Gasteiger partial charge in [0, 0.05) is 18.4 Å². The number of aromatic nitrogens is 1. The van der Waals surface area contributed by atoms with Crippen LogP contribution < -0.4 is 21.1 Å². The average molecular weight is 499 g/mol. The second kappa shape index (κ2) is 11.7. The van der Waals surface area contributed by atoms with Gasteiger partial charge in [-0.15, -0.1) is 0 Å². The molecule has 1 atom stereocenters. The van der Waals surface area contributed by atoms with E-state index in [2.05, 4.69) is 10.6 Å². The van der Waals surface area contributed by atoms with Crippen LogP contribution in [-0.2, 0) is 11.3 Å². The molecular weight excluding hydrogens is 467 g/mol. The predicted molar refractivity (Wildman–Crippen MR) is 148 cm³/mol. The van der Waals surface area contributed by atoms with Crippen LogP contribution in [-0.4, -0.2) is 30.6 Å². The maximum Gasteiger partial charge on any atom is 0.275 e. The number of hydrogen-bond acceptors (Lipinski definition) is 4. The third-order valence-corrected chi connectivity index (χ3v) is 6.43. The molecule has 6 nitrogen and oxygen atoms in total. The summed E-state index contributed by atoms with van der Waals surface area (Å²) in [5.41, 5.74) is 4.27. The Morgan fingerprint density at radius 3 is 2.35 bits per heavy atom. The fourth-order valence-corrected chi connectivity index (χ4v) is 4.29. The smallest absolute Gasteiger partial charge is 0.275 e. The molecule has 0 radical (unpaired) electrons. The Morgan fingerprint density at radius 1 is 0.946 bits per heavy atom. The number of anilines is 3. The fourth-order valence-electron chi connectivity index (χ4n) is 4.29. The summed E-state index contributed by atoms with van der Waals surface area (Å²) in [4.78, 5) is 28.3. The lowest BCUT2D eigenvalue weighted by molar-refractivity contribution is -0.118. The van der Waals surface area contributed by atoms with Crippen molar-refractivity contribution in [2.45, 2.75) is 25.9 Å². The van der Waals surface area contributed by atoms with Crippen LogP contribution in [0.1, 0.15) is 18.9 Å². The zero-order chi connectivity index (χ0) is 26.4. The van der Waals surface area contributed by atoms with Gasteiger partial charge in [0.25, 0.3) is 5.56 Å². The highest BCUT2D eigenvalue weighted by molar-refractivity contribution is 5.94. The molecule has 0 saturated heterocycles. The SMILES string of the molecule is CC[C@H](NC)C(=O)Nc1ccc(-c2ccccc2)n(Cc2cccc(N(C)c3ccc(F)cc3)c2)c1=O. The Kier molecular flexibility index (Phi) is 8.15. The van der Waals surface area contributed by atoms with Crippen molar-refractivity contribution in [3.05, 3.63) is 113 Å². The van der Waals surface area contributed by atoms with E-state index < -0.39 is 0 Å². The highest BCUT2D eigenvalue weighted by Crippen LogP contribution is 2.26. The number of pyridine rings is 1. The number of nitrogens with one attached hydrogen (secondary N) is 2. The monoisotopic (exact) mass is 498 g/mol. The molecule has 0 spiro atoms. The summed E-state index contributed by atoms with van der Waals surface area (Å²) in [5.74, 6) is -0.533. The second-order valence-corrected chi connectivity index (χ2v) is 8.83. The Balaban J connectivity index is 1.72. The van der Waals surface area contributed by atoms with Crippen molar-refractivity contribution in [3.8, 4) is 11.3 Å². The van der Waals surface area contributed by atoms with Crippen LogP contribution in [0.4, 0.5) is 21.5 Å². The van der Waals surface area contributed by atoms with Gasteiger partial charge in [-0.3, -0.25) is 9.59 Å². The largest absolute Gasteiger partial charge is 0.345 e. The number of halogens is 1. The Morgan fingerprint density at radius 2 is 1.68 bits per heavy atom. The first-order valence-electron chi connectivity index (χ1n) is 12.3. The molecule has 3 aromatic carbocycles. The molecule has 4 rings (SSSR count). The normalized spacial score (nSPS) is 11.7. The van der Waals surface area contributed by atoms with Crippen LogP contribution in [0.15, 0.2) is 95.8 Å². The molecular formula is C30H31FN4O2. The summed E-state index contributed by atoms with van der Waals surface area (Å²) in [6, 6.07) is 27.0. The van der Waals surface area contributed by atoms with Gasteiger partial charge in [0.2, 0.25) is 5.91 Å². The third-order valence-electron chi connectivity index (χ3n) is 6.43. The fraction of sp³-hybridized carbons (Fsp3) is 0.200. The molecule has 0 fully saturated rings. The van der Waals surface area contributed by atoms with Crippen molar-refractivity contribution in [3.63, 3.8) is 0 Å². The van der Waals surface area contributed by atoms with Gasteiger partial charge in [0.1, 0.15) is 11.5 Å². The first-order chi connectivity index (χ1) is 17.9. The average Bonchev–Trinajstić information content (AvgIpc) is 2.92. The van der Waals surface area contributed by atoms with Crippen molar-refractivity contribution in [1.82, 2.24) is 9.88 Å². The highest BCUT2D eigenvalue weighted by atomic mass is 19.1. The standard InChI is InChI=1S/C30H31FN4O2/c1-4-26(32-2)29(36)33-27-17-18-28(22-10-6-5-7-11-22)35(30(27)37)20-21-9-8-12-25(19-21)34(3)24-15-13-23(31)14-16-24/h5-19,26,32H,4,20H2,1-3H3,(H,33,36)/t26-/m0/s1. The maximum atomic E-state index is 13.7. The van der Waals surface area contributed by atoms with Crippen molar-refractivity contribution in [2.75, 3.05) is 24.3 Å². The van der Waals surface area contributed by atoms with Gasteiger partial charge in [0.15, 0.2) is 0 Å². The second-order valence-electron chi connectivity index (χ2n) is 8.83. The number of carbonyl (C=O) groups is 1. The Hall–Kier alpha value is -4.23. The summed E-state index contributed by atoms with van der Waals surface area (Å²) in [6.45, 7) is 2.22. The minimum Gasteiger partial charge on any atom is -0.345 e. The van der Waals surface area contributed by atoms with Crippen molar-refractivity contribution in [1.29, 1.82) is 0 Å². The minimum atomic E-state index is -0.389. The van der Waals surface area contributed by atoms with E-state index >= 15 is 0 Å². The molecule has 37 heavy (non-hydrogen) atoms. The van der Waals surface area contributed by atoms with Crippen molar-refractivity contribution < 1.29 is 9.18 Å². The van der Waals surface area contributed by atoms with Crippen LogP contribution in [0.5, 0.6) is 0 Å². The van der Waals surface area contributed by atoms with Gasteiger partial charge in [-0.2, -0.15) is 0 Å². The number of hydrogen-bond donors (Lipinski definition) is 2. The molecule has 1 heterocycles. The molecule has 0 aliphatic rings. The van der Waals surface area contributed by atoms with E-state index in [9.17, 15) is 14.0 Å².